The molecule has 0 unspecified atom stereocenters. The van der Waals surface area contributed by atoms with Gasteiger partial charge in [-0.2, -0.15) is 4.31 Å². The highest BCUT2D eigenvalue weighted by molar-refractivity contribution is 7.89. The smallest absolute Gasteiger partial charge is 0.246 e. The van der Waals surface area contributed by atoms with Gasteiger partial charge in [-0.3, -0.25) is 4.98 Å². The first-order chi connectivity index (χ1) is 14.5. The second-order valence-corrected chi connectivity index (χ2v) is 9.25. The zero-order valence-corrected chi connectivity index (χ0v) is 17.8. The molecule has 1 fully saturated rings. The summed E-state index contributed by atoms with van der Waals surface area (Å²) < 4.78 is 27.8. The molecule has 3 heterocycles. The average molecular weight is 424 g/mol. The lowest BCUT2D eigenvalue weighted by Crippen LogP contribution is -2.49. The van der Waals surface area contributed by atoms with Crippen molar-refractivity contribution < 1.29 is 8.42 Å². The minimum Gasteiger partial charge on any atom is -0.300 e. The van der Waals surface area contributed by atoms with Crippen LogP contribution in [0.2, 0.25) is 0 Å². The molecule has 0 atom stereocenters. The largest absolute Gasteiger partial charge is 0.300 e. The summed E-state index contributed by atoms with van der Waals surface area (Å²) in [4.78, 5) is 15.4. The van der Waals surface area contributed by atoms with Gasteiger partial charge in [-0.1, -0.05) is 36.4 Å². The Kier molecular flexibility index (Phi) is 6.17. The maximum absolute atomic E-state index is 13.2. The Morgan fingerprint density at radius 1 is 0.933 bits per heavy atom. The molecule has 0 amide bonds. The van der Waals surface area contributed by atoms with Gasteiger partial charge in [0.2, 0.25) is 10.0 Å². The summed E-state index contributed by atoms with van der Waals surface area (Å²) in [6.07, 6.45) is 4.04. The molecule has 0 spiro atoms. The Bertz CT molecular complexity index is 1080. The molecule has 8 heteroatoms. The van der Waals surface area contributed by atoms with Crippen LogP contribution in [0.15, 0.2) is 65.8 Å². The van der Waals surface area contributed by atoms with Crippen LogP contribution in [-0.4, -0.2) is 65.3 Å². The molecule has 1 aliphatic heterocycles. The zero-order valence-electron chi connectivity index (χ0n) is 17.0. The van der Waals surface area contributed by atoms with Gasteiger partial charge in [0.1, 0.15) is 10.6 Å². The molecule has 30 heavy (non-hydrogen) atoms. The topological polar surface area (TPSA) is 79.3 Å². The molecular formula is C22H25N5O2S. The van der Waals surface area contributed by atoms with Gasteiger partial charge >= 0.3 is 0 Å². The first kappa shape index (κ1) is 20.6. The number of rotatable bonds is 6. The number of hydrogen-bond donors (Lipinski definition) is 0. The van der Waals surface area contributed by atoms with Crippen LogP contribution in [-0.2, 0) is 16.4 Å². The Morgan fingerprint density at radius 3 is 2.33 bits per heavy atom. The van der Waals surface area contributed by atoms with E-state index < -0.39 is 10.0 Å². The minimum absolute atomic E-state index is 0.167. The number of piperazine rings is 1. The number of sulfonamides is 1. The van der Waals surface area contributed by atoms with Crippen molar-refractivity contribution in [3.05, 3.63) is 72.2 Å². The van der Waals surface area contributed by atoms with E-state index in [0.29, 0.717) is 30.3 Å². The molecule has 0 bridgehead atoms. The molecule has 0 radical (unpaired) electrons. The van der Waals surface area contributed by atoms with Crippen LogP contribution in [0.1, 0.15) is 11.3 Å². The van der Waals surface area contributed by atoms with E-state index in [4.69, 9.17) is 0 Å². The zero-order chi connectivity index (χ0) is 21.0. The third-order valence-electron chi connectivity index (χ3n) is 5.34. The highest BCUT2D eigenvalue weighted by Crippen LogP contribution is 2.21. The number of aryl methyl sites for hydroxylation is 1. The van der Waals surface area contributed by atoms with E-state index in [9.17, 15) is 8.42 Å². The van der Waals surface area contributed by atoms with Crippen molar-refractivity contribution in [3.63, 3.8) is 0 Å². The number of aromatic nitrogens is 3. The Morgan fingerprint density at radius 2 is 1.67 bits per heavy atom. The van der Waals surface area contributed by atoms with Crippen LogP contribution in [0.25, 0.3) is 11.5 Å². The maximum Gasteiger partial charge on any atom is 0.246 e. The summed E-state index contributed by atoms with van der Waals surface area (Å²) in [6.45, 7) is 5.02. The molecule has 0 saturated carbocycles. The van der Waals surface area contributed by atoms with Crippen molar-refractivity contribution in [2.24, 2.45) is 0 Å². The van der Waals surface area contributed by atoms with Crippen molar-refractivity contribution in [1.82, 2.24) is 24.2 Å². The highest BCUT2D eigenvalue weighted by atomic mass is 32.2. The lowest BCUT2D eigenvalue weighted by Gasteiger charge is -2.34. The fourth-order valence-corrected chi connectivity index (χ4v) is 5.12. The lowest BCUT2D eigenvalue weighted by atomic mass is 10.1. The SMILES string of the molecule is Cc1nc(-c2ccccn2)ncc1S(=O)(=O)N1CCN(CCc2ccccc2)CC1. The third kappa shape index (κ3) is 4.56. The van der Waals surface area contributed by atoms with Crippen molar-refractivity contribution >= 4 is 10.0 Å². The number of benzene rings is 1. The second kappa shape index (κ2) is 8.99. The first-order valence-electron chi connectivity index (χ1n) is 10.1. The van der Waals surface area contributed by atoms with Gasteiger partial charge in [-0.15, -0.1) is 0 Å². The minimum atomic E-state index is -3.62. The Hall–Kier alpha value is -2.68. The summed E-state index contributed by atoms with van der Waals surface area (Å²) >= 11 is 0. The van der Waals surface area contributed by atoms with Gasteiger partial charge in [0, 0.05) is 38.9 Å². The predicted molar refractivity (Wildman–Crippen MR) is 115 cm³/mol. The predicted octanol–water partition coefficient (Wildman–Crippen LogP) is 2.40. The van der Waals surface area contributed by atoms with E-state index in [2.05, 4.69) is 32.0 Å². The fourth-order valence-electron chi connectivity index (χ4n) is 3.59. The molecule has 0 N–H and O–H groups in total. The lowest BCUT2D eigenvalue weighted by molar-refractivity contribution is 0.190. The van der Waals surface area contributed by atoms with Gasteiger partial charge in [0.25, 0.3) is 0 Å². The molecule has 3 aromatic rings. The molecule has 1 aliphatic rings. The Labute approximate surface area is 177 Å². The number of pyridine rings is 1. The van der Waals surface area contributed by atoms with E-state index >= 15 is 0 Å². The molecule has 7 nitrogen and oxygen atoms in total. The maximum atomic E-state index is 13.2. The molecule has 2 aromatic heterocycles. The van der Waals surface area contributed by atoms with Gasteiger partial charge < -0.3 is 4.90 Å². The van der Waals surface area contributed by atoms with Crippen LogP contribution in [0, 0.1) is 6.92 Å². The van der Waals surface area contributed by atoms with Crippen LogP contribution >= 0.6 is 0 Å². The standard InChI is InChI=1S/C22H25N5O2S/c1-18-21(17-24-22(25-18)20-9-5-6-11-23-20)30(28,29)27-15-13-26(14-16-27)12-10-19-7-3-2-4-8-19/h2-9,11,17H,10,12-16H2,1H3. The summed E-state index contributed by atoms with van der Waals surface area (Å²) in [5, 5.41) is 0. The third-order valence-corrected chi connectivity index (χ3v) is 7.34. The first-order valence-corrected chi connectivity index (χ1v) is 11.5. The van der Waals surface area contributed by atoms with Crippen LogP contribution < -0.4 is 0 Å². The van der Waals surface area contributed by atoms with Gasteiger partial charge in [0.15, 0.2) is 5.82 Å². The van der Waals surface area contributed by atoms with E-state index in [1.54, 1.807) is 19.2 Å². The van der Waals surface area contributed by atoms with E-state index in [1.165, 1.54) is 16.1 Å². The summed E-state index contributed by atoms with van der Waals surface area (Å²) in [5.74, 6) is 0.429. The molecule has 1 saturated heterocycles. The molecule has 156 valence electrons. The molecule has 4 rings (SSSR count). The normalized spacial score (nSPS) is 15.9. The van der Waals surface area contributed by atoms with E-state index in [1.807, 2.05) is 30.3 Å². The van der Waals surface area contributed by atoms with Crippen LogP contribution in [0.3, 0.4) is 0 Å². The number of nitrogens with zero attached hydrogens (tertiary/aromatic N) is 5. The van der Waals surface area contributed by atoms with Crippen molar-refractivity contribution in [1.29, 1.82) is 0 Å². The summed E-state index contributed by atoms with van der Waals surface area (Å²) in [5.41, 5.74) is 2.36. The van der Waals surface area contributed by atoms with Gasteiger partial charge in [0.05, 0.1) is 11.9 Å². The average Bonchev–Trinajstić information content (AvgIpc) is 2.79. The van der Waals surface area contributed by atoms with Crippen molar-refractivity contribution in [2.45, 2.75) is 18.2 Å². The molecular weight excluding hydrogens is 398 g/mol. The Balaban J connectivity index is 1.41. The van der Waals surface area contributed by atoms with Crippen LogP contribution in [0.5, 0.6) is 0 Å². The van der Waals surface area contributed by atoms with Crippen molar-refractivity contribution in [2.75, 3.05) is 32.7 Å². The summed E-state index contributed by atoms with van der Waals surface area (Å²) in [6, 6.07) is 15.8. The van der Waals surface area contributed by atoms with Crippen molar-refractivity contribution in [3.8, 4) is 11.5 Å². The number of hydrogen-bond acceptors (Lipinski definition) is 6. The molecule has 1 aromatic carbocycles. The van der Waals surface area contributed by atoms with E-state index in [0.717, 1.165) is 26.1 Å². The van der Waals surface area contributed by atoms with Gasteiger partial charge in [-0.05, 0) is 31.0 Å². The second-order valence-electron chi connectivity index (χ2n) is 7.34. The van der Waals surface area contributed by atoms with E-state index in [-0.39, 0.29) is 4.90 Å². The van der Waals surface area contributed by atoms with Crippen LogP contribution in [0.4, 0.5) is 0 Å². The van der Waals surface area contributed by atoms with Gasteiger partial charge in [-0.25, -0.2) is 18.4 Å². The fraction of sp³-hybridized carbons (Fsp3) is 0.318. The quantitative estimate of drug-likeness (QED) is 0.606. The monoisotopic (exact) mass is 423 g/mol. The molecule has 0 aliphatic carbocycles. The highest BCUT2D eigenvalue weighted by Gasteiger charge is 2.30. The summed E-state index contributed by atoms with van der Waals surface area (Å²) in [7, 11) is -3.62.